The Hall–Kier alpha value is -1.37. The molecule has 106 valence electrons. The molecule has 1 rings (SSSR count). The number of anilines is 1. The van der Waals surface area contributed by atoms with Gasteiger partial charge in [-0.1, -0.05) is 25.6 Å². The van der Waals surface area contributed by atoms with Crippen molar-refractivity contribution in [2.24, 2.45) is 0 Å². The van der Waals surface area contributed by atoms with E-state index >= 15 is 0 Å². The van der Waals surface area contributed by atoms with Gasteiger partial charge in [0, 0.05) is 11.8 Å². The van der Waals surface area contributed by atoms with Crippen LogP contribution in [0.5, 0.6) is 0 Å². The largest absolute Gasteiger partial charge is 0.362 e. The van der Waals surface area contributed by atoms with Gasteiger partial charge in [0.25, 0.3) is 0 Å². The number of hydrogen-bond acceptors (Lipinski definition) is 6. The third kappa shape index (κ3) is 4.34. The highest BCUT2D eigenvalue weighted by Crippen LogP contribution is 2.28. The second kappa shape index (κ2) is 7.28. The van der Waals surface area contributed by atoms with Gasteiger partial charge in [0.05, 0.1) is 4.92 Å². The molecule has 0 radical (unpaired) electrons. The fourth-order valence-electron chi connectivity index (χ4n) is 1.45. The lowest BCUT2D eigenvalue weighted by molar-refractivity contribution is -0.385. The summed E-state index contributed by atoms with van der Waals surface area (Å²) in [4.78, 5) is 19.2. The lowest BCUT2D eigenvalue weighted by atomic mass is 10.2. The molecule has 1 aromatic rings. The molecule has 1 heterocycles. The van der Waals surface area contributed by atoms with Gasteiger partial charge in [-0.25, -0.2) is 4.98 Å². The van der Waals surface area contributed by atoms with E-state index in [1.807, 2.05) is 13.8 Å². The van der Waals surface area contributed by atoms with Crippen LogP contribution in [0.25, 0.3) is 0 Å². The topological polar surface area (TPSA) is 81.0 Å². The van der Waals surface area contributed by atoms with E-state index in [-0.39, 0.29) is 11.7 Å². The monoisotopic (exact) mass is 284 g/mol. The van der Waals surface area contributed by atoms with Gasteiger partial charge < -0.3 is 5.32 Å². The van der Waals surface area contributed by atoms with E-state index in [9.17, 15) is 10.1 Å². The number of thioether (sulfide) groups is 1. The highest BCUT2D eigenvalue weighted by atomic mass is 32.2. The van der Waals surface area contributed by atoms with Gasteiger partial charge >= 0.3 is 5.69 Å². The molecule has 0 bridgehead atoms. The Morgan fingerprint density at radius 1 is 1.42 bits per heavy atom. The van der Waals surface area contributed by atoms with Crippen LogP contribution in [0.15, 0.2) is 5.16 Å². The van der Waals surface area contributed by atoms with Crippen LogP contribution in [0.2, 0.25) is 0 Å². The summed E-state index contributed by atoms with van der Waals surface area (Å²) in [6, 6.07) is 0.136. The smallest absolute Gasteiger partial charge is 0.332 e. The molecule has 0 amide bonds. The maximum atomic E-state index is 11.1. The van der Waals surface area contributed by atoms with Gasteiger partial charge in [0.15, 0.2) is 5.16 Å². The van der Waals surface area contributed by atoms with Crippen LogP contribution in [-0.2, 0) is 0 Å². The van der Waals surface area contributed by atoms with Crippen molar-refractivity contribution in [3.8, 4) is 0 Å². The standard InChI is InChI=1S/C12H20N4O2S/c1-5-7-19-12-14-9(4)10(16(17)18)11(15-12)13-8(3)6-2/h8H,5-7H2,1-4H3,(H,13,14,15). The Balaban J connectivity index is 3.13. The van der Waals surface area contributed by atoms with Crippen LogP contribution in [0.3, 0.4) is 0 Å². The molecule has 0 saturated heterocycles. The first kappa shape index (κ1) is 15.7. The molecule has 1 unspecified atom stereocenters. The van der Waals surface area contributed by atoms with Crippen molar-refractivity contribution in [1.29, 1.82) is 0 Å². The van der Waals surface area contributed by atoms with Gasteiger partial charge in [0.2, 0.25) is 5.82 Å². The summed E-state index contributed by atoms with van der Waals surface area (Å²) in [7, 11) is 0. The summed E-state index contributed by atoms with van der Waals surface area (Å²) in [6.07, 6.45) is 1.88. The second-order valence-electron chi connectivity index (χ2n) is 4.35. The third-order valence-corrected chi connectivity index (χ3v) is 3.70. The predicted molar refractivity (Wildman–Crippen MR) is 77.8 cm³/mol. The van der Waals surface area contributed by atoms with E-state index in [0.29, 0.717) is 16.7 Å². The predicted octanol–water partition coefficient (Wildman–Crippen LogP) is 3.41. The molecular formula is C12H20N4O2S. The summed E-state index contributed by atoms with van der Waals surface area (Å²) >= 11 is 1.52. The number of rotatable bonds is 7. The summed E-state index contributed by atoms with van der Waals surface area (Å²) in [5.41, 5.74) is 0.380. The Morgan fingerprint density at radius 3 is 2.63 bits per heavy atom. The molecule has 0 aliphatic carbocycles. The number of nitrogens with one attached hydrogen (secondary N) is 1. The molecule has 0 aromatic carbocycles. The number of nitrogens with zero attached hydrogens (tertiary/aromatic N) is 3. The number of nitro groups is 1. The van der Waals surface area contributed by atoms with Gasteiger partial charge in [-0.2, -0.15) is 4.98 Å². The maximum absolute atomic E-state index is 11.1. The second-order valence-corrected chi connectivity index (χ2v) is 5.41. The molecule has 1 atom stereocenters. The van der Waals surface area contributed by atoms with Gasteiger partial charge in [-0.05, 0) is 26.7 Å². The molecule has 1 N–H and O–H groups in total. The third-order valence-electron chi connectivity index (χ3n) is 2.65. The van der Waals surface area contributed by atoms with Crippen molar-refractivity contribution in [3.05, 3.63) is 15.8 Å². The van der Waals surface area contributed by atoms with Crippen molar-refractivity contribution in [2.75, 3.05) is 11.1 Å². The highest BCUT2D eigenvalue weighted by Gasteiger charge is 2.22. The Labute approximate surface area is 117 Å². The molecule has 19 heavy (non-hydrogen) atoms. The van der Waals surface area contributed by atoms with E-state index in [0.717, 1.165) is 18.6 Å². The molecule has 1 aromatic heterocycles. The zero-order valence-electron chi connectivity index (χ0n) is 11.8. The van der Waals surface area contributed by atoms with E-state index in [1.54, 1.807) is 6.92 Å². The van der Waals surface area contributed by atoms with Crippen LogP contribution in [-0.4, -0.2) is 26.7 Å². The first-order valence-corrected chi connectivity index (χ1v) is 7.40. The van der Waals surface area contributed by atoms with Crippen LogP contribution >= 0.6 is 11.8 Å². The summed E-state index contributed by atoms with van der Waals surface area (Å²) in [5, 5.41) is 14.8. The van der Waals surface area contributed by atoms with Crippen LogP contribution in [0.1, 0.15) is 39.3 Å². The summed E-state index contributed by atoms with van der Waals surface area (Å²) in [6.45, 7) is 7.71. The first-order valence-electron chi connectivity index (χ1n) is 6.41. The summed E-state index contributed by atoms with van der Waals surface area (Å²) < 4.78 is 0. The zero-order valence-corrected chi connectivity index (χ0v) is 12.6. The van der Waals surface area contributed by atoms with Gasteiger partial charge in [-0.15, -0.1) is 0 Å². The molecule has 0 fully saturated rings. The lowest BCUT2D eigenvalue weighted by Crippen LogP contribution is -2.17. The molecule has 0 saturated carbocycles. The quantitative estimate of drug-likeness (QED) is 0.357. The fourth-order valence-corrected chi connectivity index (χ4v) is 2.20. The minimum absolute atomic E-state index is 0.0267. The minimum Gasteiger partial charge on any atom is -0.362 e. The van der Waals surface area contributed by atoms with Crippen molar-refractivity contribution in [2.45, 2.75) is 51.7 Å². The van der Waals surface area contributed by atoms with Crippen molar-refractivity contribution in [1.82, 2.24) is 9.97 Å². The summed E-state index contributed by atoms with van der Waals surface area (Å²) in [5.74, 6) is 1.23. The average molecular weight is 284 g/mol. The van der Waals surface area contributed by atoms with E-state index in [4.69, 9.17) is 0 Å². The van der Waals surface area contributed by atoms with Crippen LogP contribution in [0, 0.1) is 17.0 Å². The molecule has 7 heteroatoms. The number of aryl methyl sites for hydroxylation is 1. The SMILES string of the molecule is CCCSc1nc(C)c([N+](=O)[O-])c(NC(C)CC)n1. The first-order chi connectivity index (χ1) is 8.99. The number of hydrogen-bond donors (Lipinski definition) is 1. The molecule has 0 spiro atoms. The van der Waals surface area contributed by atoms with E-state index in [2.05, 4.69) is 22.2 Å². The Morgan fingerprint density at radius 2 is 2.11 bits per heavy atom. The Kier molecular flexibility index (Phi) is 6.01. The highest BCUT2D eigenvalue weighted by molar-refractivity contribution is 7.99. The van der Waals surface area contributed by atoms with Crippen molar-refractivity contribution >= 4 is 23.3 Å². The van der Waals surface area contributed by atoms with Crippen molar-refractivity contribution in [3.63, 3.8) is 0 Å². The minimum atomic E-state index is -0.422. The van der Waals surface area contributed by atoms with Gasteiger partial charge in [0.1, 0.15) is 5.69 Å². The Bertz CT molecular complexity index is 454. The fraction of sp³-hybridized carbons (Fsp3) is 0.667. The van der Waals surface area contributed by atoms with Gasteiger partial charge in [-0.3, -0.25) is 10.1 Å². The van der Waals surface area contributed by atoms with Crippen molar-refractivity contribution < 1.29 is 4.92 Å². The number of aromatic nitrogens is 2. The average Bonchev–Trinajstić information content (AvgIpc) is 2.35. The lowest BCUT2D eigenvalue weighted by Gasteiger charge is -2.13. The maximum Gasteiger partial charge on any atom is 0.332 e. The molecule has 6 nitrogen and oxygen atoms in total. The zero-order chi connectivity index (χ0) is 14.4. The van der Waals surface area contributed by atoms with E-state index < -0.39 is 4.92 Å². The normalized spacial score (nSPS) is 12.2. The molecule has 0 aliphatic rings. The van der Waals surface area contributed by atoms with Crippen LogP contribution in [0.4, 0.5) is 11.5 Å². The van der Waals surface area contributed by atoms with E-state index in [1.165, 1.54) is 11.8 Å². The van der Waals surface area contributed by atoms with Crippen LogP contribution < -0.4 is 5.32 Å². The molecular weight excluding hydrogens is 264 g/mol. The molecule has 0 aliphatic heterocycles.